The van der Waals surface area contributed by atoms with E-state index in [0.717, 1.165) is 5.56 Å². The van der Waals surface area contributed by atoms with E-state index in [9.17, 15) is 4.39 Å². The lowest BCUT2D eigenvalue weighted by Crippen LogP contribution is -2.06. The average molecular weight is 294 g/mol. The molecule has 0 atom stereocenters. The maximum atomic E-state index is 13.9. The number of rotatable bonds is 3. The van der Waals surface area contributed by atoms with Gasteiger partial charge in [0.1, 0.15) is 22.6 Å². The highest BCUT2D eigenvalue weighted by atomic mass is 35.5. The summed E-state index contributed by atoms with van der Waals surface area (Å²) in [5.74, 6) is 1.01. The summed E-state index contributed by atoms with van der Waals surface area (Å²) in [7, 11) is 0. The maximum Gasteiger partial charge on any atom is 0.146 e. The van der Waals surface area contributed by atoms with Crippen LogP contribution in [0.2, 0.25) is 5.15 Å². The van der Waals surface area contributed by atoms with Gasteiger partial charge < -0.3 is 5.32 Å². The number of para-hydroxylation sites is 1. The SMILES string of the molecule is Cc1cccc(F)c1Nc1nc(C(C)C)nc(Cl)c1C. The van der Waals surface area contributed by atoms with E-state index in [4.69, 9.17) is 11.6 Å². The first-order valence-electron chi connectivity index (χ1n) is 6.46. The van der Waals surface area contributed by atoms with Crippen LogP contribution in [0.25, 0.3) is 0 Å². The van der Waals surface area contributed by atoms with Crippen LogP contribution in [0.15, 0.2) is 18.2 Å². The van der Waals surface area contributed by atoms with E-state index in [1.165, 1.54) is 6.07 Å². The molecule has 106 valence electrons. The van der Waals surface area contributed by atoms with Gasteiger partial charge in [0.2, 0.25) is 0 Å². The molecule has 0 saturated carbocycles. The molecule has 1 heterocycles. The molecule has 0 unspecified atom stereocenters. The zero-order chi connectivity index (χ0) is 14.9. The Morgan fingerprint density at radius 3 is 2.50 bits per heavy atom. The third-order valence-electron chi connectivity index (χ3n) is 3.09. The van der Waals surface area contributed by atoms with Crippen molar-refractivity contribution in [1.29, 1.82) is 0 Å². The fourth-order valence-corrected chi connectivity index (χ4v) is 1.97. The molecule has 0 radical (unpaired) electrons. The minimum Gasteiger partial charge on any atom is -0.337 e. The molecule has 0 aliphatic rings. The fourth-order valence-electron chi connectivity index (χ4n) is 1.79. The standard InChI is InChI=1S/C15H17ClFN3/c1-8(2)14-19-13(16)10(4)15(20-14)18-12-9(3)6-5-7-11(12)17/h5-8H,1-4H3,(H,18,19,20). The van der Waals surface area contributed by atoms with Crippen LogP contribution in [0, 0.1) is 19.7 Å². The van der Waals surface area contributed by atoms with Crippen LogP contribution in [0.1, 0.15) is 36.7 Å². The Hall–Kier alpha value is -1.68. The molecule has 5 heteroatoms. The normalized spacial score (nSPS) is 10.9. The first-order valence-corrected chi connectivity index (χ1v) is 6.84. The number of hydrogen-bond donors (Lipinski definition) is 1. The second kappa shape index (κ2) is 5.75. The Morgan fingerprint density at radius 1 is 1.20 bits per heavy atom. The van der Waals surface area contributed by atoms with Gasteiger partial charge in [-0.15, -0.1) is 0 Å². The minimum atomic E-state index is -0.315. The van der Waals surface area contributed by atoms with Crippen molar-refractivity contribution < 1.29 is 4.39 Å². The van der Waals surface area contributed by atoms with E-state index in [0.29, 0.717) is 28.0 Å². The number of benzene rings is 1. The third-order valence-corrected chi connectivity index (χ3v) is 3.45. The van der Waals surface area contributed by atoms with Crippen LogP contribution >= 0.6 is 11.6 Å². The molecule has 0 saturated heterocycles. The number of halogens is 2. The van der Waals surface area contributed by atoms with Gasteiger partial charge in [0.15, 0.2) is 0 Å². The highest BCUT2D eigenvalue weighted by Crippen LogP contribution is 2.28. The van der Waals surface area contributed by atoms with Gasteiger partial charge in [-0.2, -0.15) is 0 Å². The number of nitrogens with one attached hydrogen (secondary N) is 1. The number of hydrogen-bond acceptors (Lipinski definition) is 3. The van der Waals surface area contributed by atoms with Crippen molar-refractivity contribution in [1.82, 2.24) is 9.97 Å². The van der Waals surface area contributed by atoms with Crippen LogP contribution < -0.4 is 5.32 Å². The van der Waals surface area contributed by atoms with Gasteiger partial charge in [-0.05, 0) is 25.5 Å². The molecule has 20 heavy (non-hydrogen) atoms. The minimum absolute atomic E-state index is 0.148. The van der Waals surface area contributed by atoms with Crippen molar-refractivity contribution in [3.05, 3.63) is 46.1 Å². The van der Waals surface area contributed by atoms with Gasteiger partial charge in [0.05, 0.1) is 5.69 Å². The Bertz CT molecular complexity index is 621. The summed E-state index contributed by atoms with van der Waals surface area (Å²) < 4.78 is 13.9. The average Bonchev–Trinajstić information content (AvgIpc) is 2.38. The van der Waals surface area contributed by atoms with Crippen molar-refractivity contribution in [2.45, 2.75) is 33.6 Å². The quantitative estimate of drug-likeness (QED) is 0.830. The van der Waals surface area contributed by atoms with E-state index in [1.807, 2.05) is 33.8 Å². The monoisotopic (exact) mass is 293 g/mol. The number of aryl methyl sites for hydroxylation is 1. The summed E-state index contributed by atoms with van der Waals surface area (Å²) in [5.41, 5.74) is 1.93. The van der Waals surface area contributed by atoms with Crippen molar-refractivity contribution in [2.24, 2.45) is 0 Å². The largest absolute Gasteiger partial charge is 0.337 e. The Labute approximate surface area is 123 Å². The van der Waals surface area contributed by atoms with E-state index in [2.05, 4.69) is 15.3 Å². The summed E-state index contributed by atoms with van der Waals surface area (Å²) in [6.45, 7) is 7.62. The Balaban J connectivity index is 2.48. The lowest BCUT2D eigenvalue weighted by molar-refractivity contribution is 0.630. The second-order valence-electron chi connectivity index (χ2n) is 5.06. The molecular formula is C15H17ClFN3. The summed E-state index contributed by atoms with van der Waals surface area (Å²) in [6, 6.07) is 4.93. The molecule has 0 aliphatic heterocycles. The first-order chi connectivity index (χ1) is 9.40. The zero-order valence-electron chi connectivity index (χ0n) is 12.0. The zero-order valence-corrected chi connectivity index (χ0v) is 12.7. The highest BCUT2D eigenvalue weighted by Gasteiger charge is 2.14. The van der Waals surface area contributed by atoms with E-state index in [-0.39, 0.29) is 11.7 Å². The van der Waals surface area contributed by atoms with Crippen LogP contribution in [0.3, 0.4) is 0 Å². The van der Waals surface area contributed by atoms with Crippen molar-refractivity contribution in [3.8, 4) is 0 Å². The predicted octanol–water partition coefficient (Wildman–Crippen LogP) is 4.75. The molecule has 1 aromatic heterocycles. The molecule has 3 nitrogen and oxygen atoms in total. The lowest BCUT2D eigenvalue weighted by Gasteiger charge is -2.14. The van der Waals surface area contributed by atoms with Crippen LogP contribution in [-0.4, -0.2) is 9.97 Å². The number of aromatic nitrogens is 2. The van der Waals surface area contributed by atoms with Crippen molar-refractivity contribution in [3.63, 3.8) is 0 Å². The summed E-state index contributed by atoms with van der Waals surface area (Å²) in [6.07, 6.45) is 0. The highest BCUT2D eigenvalue weighted by molar-refractivity contribution is 6.30. The number of nitrogens with zero attached hydrogens (tertiary/aromatic N) is 2. The molecule has 0 amide bonds. The van der Waals surface area contributed by atoms with Gasteiger partial charge in [0, 0.05) is 11.5 Å². The molecule has 1 aromatic carbocycles. The van der Waals surface area contributed by atoms with Crippen LogP contribution in [0.5, 0.6) is 0 Å². The van der Waals surface area contributed by atoms with Gasteiger partial charge in [-0.25, -0.2) is 14.4 Å². The van der Waals surface area contributed by atoms with Gasteiger partial charge in [-0.1, -0.05) is 37.6 Å². The van der Waals surface area contributed by atoms with E-state index in [1.54, 1.807) is 6.07 Å². The molecule has 2 rings (SSSR count). The third kappa shape index (κ3) is 2.90. The second-order valence-corrected chi connectivity index (χ2v) is 5.42. The molecule has 1 N–H and O–H groups in total. The molecule has 0 fully saturated rings. The summed E-state index contributed by atoms with van der Waals surface area (Å²) >= 11 is 6.12. The van der Waals surface area contributed by atoms with Crippen molar-refractivity contribution in [2.75, 3.05) is 5.32 Å². The Kier molecular flexibility index (Phi) is 4.23. The topological polar surface area (TPSA) is 37.8 Å². The smallest absolute Gasteiger partial charge is 0.146 e. The Morgan fingerprint density at radius 2 is 1.90 bits per heavy atom. The van der Waals surface area contributed by atoms with Crippen LogP contribution in [-0.2, 0) is 0 Å². The van der Waals surface area contributed by atoms with E-state index >= 15 is 0 Å². The van der Waals surface area contributed by atoms with Crippen LogP contribution in [0.4, 0.5) is 15.9 Å². The first kappa shape index (κ1) is 14.7. The summed E-state index contributed by atoms with van der Waals surface area (Å²) in [5, 5.41) is 3.42. The maximum absolute atomic E-state index is 13.9. The number of anilines is 2. The molecule has 2 aromatic rings. The van der Waals surface area contributed by atoms with E-state index < -0.39 is 0 Å². The molecular weight excluding hydrogens is 277 g/mol. The predicted molar refractivity (Wildman–Crippen MR) is 80.3 cm³/mol. The lowest BCUT2D eigenvalue weighted by atomic mass is 10.1. The fraction of sp³-hybridized carbons (Fsp3) is 0.333. The molecule has 0 aliphatic carbocycles. The van der Waals surface area contributed by atoms with Crippen molar-refractivity contribution >= 4 is 23.1 Å². The van der Waals surface area contributed by atoms with Gasteiger partial charge >= 0.3 is 0 Å². The molecule has 0 spiro atoms. The summed E-state index contributed by atoms with van der Waals surface area (Å²) in [4.78, 5) is 8.68. The van der Waals surface area contributed by atoms with Gasteiger partial charge in [-0.3, -0.25) is 0 Å². The van der Waals surface area contributed by atoms with Gasteiger partial charge in [0.25, 0.3) is 0 Å². The molecule has 0 bridgehead atoms.